The van der Waals surface area contributed by atoms with E-state index in [0.717, 1.165) is 6.42 Å². The zero-order chi connectivity index (χ0) is 18.3. The summed E-state index contributed by atoms with van der Waals surface area (Å²) in [5.41, 5.74) is 0. The fourth-order valence-corrected chi connectivity index (χ4v) is 6.29. The van der Waals surface area contributed by atoms with Crippen molar-refractivity contribution in [2.75, 3.05) is 13.7 Å². The van der Waals surface area contributed by atoms with Gasteiger partial charge in [0.05, 0.1) is 16.9 Å². The van der Waals surface area contributed by atoms with Crippen molar-refractivity contribution >= 4 is 27.3 Å². The Hall–Kier alpha value is -1.90. The standard InChI is InChI=1S/C18H20N2O4S2/c1-24-14-4-2-5-15(10-14)26(22,23)20-11-12-8-13(20)9-16(12)19-18(21)17-6-3-7-25-17/h2-7,10,12-13,16H,8-9,11H2,1H3,(H,19,21). The number of amides is 1. The van der Waals surface area contributed by atoms with Gasteiger partial charge in [-0.25, -0.2) is 8.42 Å². The number of methoxy groups -OCH3 is 1. The van der Waals surface area contributed by atoms with E-state index in [9.17, 15) is 13.2 Å². The molecule has 6 nitrogen and oxygen atoms in total. The molecule has 4 rings (SSSR count). The number of carbonyl (C=O) groups is 1. The van der Waals surface area contributed by atoms with E-state index in [4.69, 9.17) is 4.74 Å². The average molecular weight is 393 g/mol. The molecule has 1 amide bonds. The van der Waals surface area contributed by atoms with E-state index in [1.54, 1.807) is 34.6 Å². The first-order valence-corrected chi connectivity index (χ1v) is 10.8. The van der Waals surface area contributed by atoms with Gasteiger partial charge in [-0.05, 0) is 42.3 Å². The number of benzene rings is 1. The van der Waals surface area contributed by atoms with Crippen molar-refractivity contribution in [2.45, 2.75) is 29.8 Å². The molecule has 26 heavy (non-hydrogen) atoms. The van der Waals surface area contributed by atoms with Gasteiger partial charge in [0.2, 0.25) is 10.0 Å². The maximum absolute atomic E-state index is 13.0. The van der Waals surface area contributed by atoms with Crippen LogP contribution in [0, 0.1) is 5.92 Å². The predicted molar refractivity (Wildman–Crippen MR) is 99.0 cm³/mol. The molecule has 1 saturated carbocycles. The van der Waals surface area contributed by atoms with Crippen LogP contribution in [-0.4, -0.2) is 44.4 Å². The molecule has 3 unspecified atom stereocenters. The molecule has 0 spiro atoms. The lowest BCUT2D eigenvalue weighted by atomic mass is 10.0. The second kappa shape index (κ2) is 6.68. The number of hydrogen-bond donors (Lipinski definition) is 1. The van der Waals surface area contributed by atoms with Gasteiger partial charge in [-0.15, -0.1) is 11.3 Å². The summed E-state index contributed by atoms with van der Waals surface area (Å²) in [5, 5.41) is 4.95. The van der Waals surface area contributed by atoms with Crippen molar-refractivity contribution in [3.63, 3.8) is 0 Å². The summed E-state index contributed by atoms with van der Waals surface area (Å²) >= 11 is 1.41. The van der Waals surface area contributed by atoms with E-state index in [2.05, 4.69) is 5.32 Å². The highest BCUT2D eigenvalue weighted by molar-refractivity contribution is 7.89. The Morgan fingerprint density at radius 1 is 1.27 bits per heavy atom. The Bertz CT molecular complexity index is 911. The zero-order valence-corrected chi connectivity index (χ0v) is 15.9. The van der Waals surface area contributed by atoms with Gasteiger partial charge >= 0.3 is 0 Å². The molecule has 1 aliphatic carbocycles. The minimum Gasteiger partial charge on any atom is -0.497 e. The van der Waals surface area contributed by atoms with Crippen LogP contribution in [0.1, 0.15) is 22.5 Å². The maximum atomic E-state index is 13.0. The van der Waals surface area contributed by atoms with E-state index >= 15 is 0 Å². The molecule has 2 aliphatic rings. The van der Waals surface area contributed by atoms with Crippen molar-refractivity contribution in [3.8, 4) is 5.75 Å². The van der Waals surface area contributed by atoms with Gasteiger partial charge in [0.25, 0.3) is 5.91 Å². The number of nitrogens with zero attached hydrogens (tertiary/aromatic N) is 1. The SMILES string of the molecule is COc1cccc(S(=O)(=O)N2CC3CC2CC3NC(=O)c2cccs2)c1. The quantitative estimate of drug-likeness (QED) is 0.847. The Morgan fingerprint density at radius 3 is 2.77 bits per heavy atom. The molecule has 2 aromatic rings. The Kier molecular flexibility index (Phi) is 4.50. The van der Waals surface area contributed by atoms with Crippen LogP contribution in [0.5, 0.6) is 5.75 Å². The van der Waals surface area contributed by atoms with Crippen LogP contribution in [0.4, 0.5) is 0 Å². The zero-order valence-electron chi connectivity index (χ0n) is 14.3. The van der Waals surface area contributed by atoms with Gasteiger partial charge in [0.1, 0.15) is 5.75 Å². The summed E-state index contributed by atoms with van der Waals surface area (Å²) in [7, 11) is -2.04. The third kappa shape index (κ3) is 3.02. The van der Waals surface area contributed by atoms with E-state index in [1.165, 1.54) is 18.4 Å². The van der Waals surface area contributed by atoms with Crippen LogP contribution in [0.15, 0.2) is 46.7 Å². The molecule has 138 valence electrons. The number of piperidine rings is 1. The van der Waals surface area contributed by atoms with Gasteiger partial charge in [-0.1, -0.05) is 12.1 Å². The van der Waals surface area contributed by atoms with E-state index in [-0.39, 0.29) is 28.8 Å². The summed E-state index contributed by atoms with van der Waals surface area (Å²) < 4.78 is 32.7. The highest BCUT2D eigenvalue weighted by Gasteiger charge is 2.49. The Morgan fingerprint density at radius 2 is 2.12 bits per heavy atom. The largest absolute Gasteiger partial charge is 0.497 e. The molecule has 2 bridgehead atoms. The van der Waals surface area contributed by atoms with Gasteiger partial charge in [-0.3, -0.25) is 4.79 Å². The topological polar surface area (TPSA) is 75.7 Å². The molecular weight excluding hydrogens is 372 g/mol. The van der Waals surface area contributed by atoms with Crippen LogP contribution < -0.4 is 10.1 Å². The predicted octanol–water partition coefficient (Wildman–Crippen LogP) is 2.34. The lowest BCUT2D eigenvalue weighted by molar-refractivity contribution is 0.0923. The molecule has 3 atom stereocenters. The first-order chi connectivity index (χ1) is 12.5. The molecule has 1 N–H and O–H groups in total. The number of ether oxygens (including phenoxy) is 1. The average Bonchev–Trinajstić information content (AvgIpc) is 3.38. The fourth-order valence-electron chi connectivity index (χ4n) is 3.93. The van der Waals surface area contributed by atoms with Crippen LogP contribution in [0.2, 0.25) is 0 Å². The summed E-state index contributed by atoms with van der Waals surface area (Å²) in [6.45, 7) is 0.444. The summed E-state index contributed by atoms with van der Waals surface area (Å²) in [6.07, 6.45) is 1.45. The maximum Gasteiger partial charge on any atom is 0.261 e. The van der Waals surface area contributed by atoms with Gasteiger partial charge in [0.15, 0.2) is 0 Å². The Labute approximate surface area is 156 Å². The van der Waals surface area contributed by atoms with Crippen molar-refractivity contribution in [1.82, 2.24) is 9.62 Å². The van der Waals surface area contributed by atoms with E-state index < -0.39 is 10.0 Å². The molecular formula is C18H20N2O4S2. The number of nitrogens with one attached hydrogen (secondary N) is 1. The number of sulfonamides is 1. The van der Waals surface area contributed by atoms with Crippen LogP contribution in [0.25, 0.3) is 0 Å². The number of hydrogen-bond acceptors (Lipinski definition) is 5. The molecule has 1 saturated heterocycles. The second-order valence-electron chi connectivity index (χ2n) is 6.70. The Balaban J connectivity index is 1.47. The summed E-state index contributed by atoms with van der Waals surface area (Å²) in [4.78, 5) is 13.2. The number of fused-ring (bicyclic) bond motifs is 2. The van der Waals surface area contributed by atoms with Crippen LogP contribution >= 0.6 is 11.3 Å². The number of rotatable bonds is 5. The molecule has 2 fully saturated rings. The van der Waals surface area contributed by atoms with Crippen LogP contribution in [-0.2, 0) is 10.0 Å². The van der Waals surface area contributed by atoms with Gasteiger partial charge < -0.3 is 10.1 Å². The lowest BCUT2D eigenvalue weighted by Gasteiger charge is -2.31. The molecule has 2 heterocycles. The highest BCUT2D eigenvalue weighted by Crippen LogP contribution is 2.41. The summed E-state index contributed by atoms with van der Waals surface area (Å²) in [5.74, 6) is 0.612. The molecule has 1 aromatic carbocycles. The van der Waals surface area contributed by atoms with Gasteiger partial charge in [-0.2, -0.15) is 4.31 Å². The minimum atomic E-state index is -3.55. The third-order valence-electron chi connectivity index (χ3n) is 5.20. The monoisotopic (exact) mass is 392 g/mol. The smallest absolute Gasteiger partial charge is 0.261 e. The second-order valence-corrected chi connectivity index (χ2v) is 9.53. The minimum absolute atomic E-state index is 0.0337. The van der Waals surface area contributed by atoms with Crippen molar-refractivity contribution < 1.29 is 17.9 Å². The lowest BCUT2D eigenvalue weighted by Crippen LogP contribution is -2.47. The van der Waals surface area contributed by atoms with Crippen molar-refractivity contribution in [3.05, 3.63) is 46.7 Å². The molecule has 1 aromatic heterocycles. The van der Waals surface area contributed by atoms with Crippen LogP contribution in [0.3, 0.4) is 0 Å². The van der Waals surface area contributed by atoms with Crippen molar-refractivity contribution in [2.24, 2.45) is 5.92 Å². The molecule has 8 heteroatoms. The van der Waals surface area contributed by atoms with Crippen molar-refractivity contribution in [1.29, 1.82) is 0 Å². The van der Waals surface area contributed by atoms with E-state index in [0.29, 0.717) is 23.6 Å². The molecule has 0 radical (unpaired) electrons. The highest BCUT2D eigenvalue weighted by atomic mass is 32.2. The molecule has 1 aliphatic heterocycles. The van der Waals surface area contributed by atoms with E-state index in [1.807, 2.05) is 11.4 Å². The first-order valence-electron chi connectivity index (χ1n) is 8.49. The first kappa shape index (κ1) is 17.5. The fraction of sp³-hybridized carbons (Fsp3) is 0.389. The van der Waals surface area contributed by atoms with Gasteiger partial charge in [0, 0.05) is 24.7 Å². The summed E-state index contributed by atoms with van der Waals surface area (Å²) in [6, 6.07) is 10.2. The number of thiophene rings is 1. The normalized spacial score (nSPS) is 25.3. The third-order valence-corrected chi connectivity index (χ3v) is 7.98. The number of carbonyl (C=O) groups excluding carboxylic acids is 1.